The molecule has 0 saturated carbocycles. The summed E-state index contributed by atoms with van der Waals surface area (Å²) in [5, 5.41) is 16.8. The van der Waals surface area contributed by atoms with Crippen molar-refractivity contribution in [3.05, 3.63) is 58.6 Å². The third kappa shape index (κ3) is 4.85. The largest absolute Gasteiger partial charge is 0.391 e. The first kappa shape index (κ1) is 25.0. The van der Waals surface area contributed by atoms with Gasteiger partial charge in [-0.15, -0.1) is 11.3 Å². The number of amides is 2. The van der Waals surface area contributed by atoms with Crippen LogP contribution in [0.4, 0.5) is 4.39 Å². The monoisotopic (exact) mass is 500 g/mol. The number of β-amino-alcohol motifs (C(OH)–C–C–N with tert-alkyl or cyclic N) is 1. The lowest BCUT2D eigenvalue weighted by Crippen LogP contribution is -2.53. The van der Waals surface area contributed by atoms with E-state index in [1.54, 1.807) is 37.6 Å². The van der Waals surface area contributed by atoms with Crippen molar-refractivity contribution in [1.82, 2.24) is 20.4 Å². The van der Waals surface area contributed by atoms with Gasteiger partial charge in [0.1, 0.15) is 6.04 Å². The maximum Gasteiger partial charge on any atom is 0.269 e. The molecule has 10 heteroatoms. The van der Waals surface area contributed by atoms with E-state index in [4.69, 9.17) is 4.52 Å². The molecule has 8 nitrogen and oxygen atoms in total. The number of rotatable bonds is 7. The molecule has 3 heterocycles. The molecule has 1 aliphatic rings. The second kappa shape index (κ2) is 9.87. The topological polar surface area (TPSA) is 109 Å². The Labute approximate surface area is 207 Å². The number of halogens is 1. The first-order valence-electron chi connectivity index (χ1n) is 11.5. The van der Waals surface area contributed by atoms with Gasteiger partial charge in [0, 0.05) is 31.5 Å². The van der Waals surface area contributed by atoms with Crippen molar-refractivity contribution in [3.8, 4) is 10.4 Å². The fraction of sp³-hybridized carbons (Fsp3) is 0.440. The van der Waals surface area contributed by atoms with E-state index in [0.717, 1.165) is 26.6 Å². The summed E-state index contributed by atoms with van der Waals surface area (Å²) >= 11 is 1.57. The number of carbonyl (C=O) groups excluding carboxylic acids is 2. The first-order valence-corrected chi connectivity index (χ1v) is 12.4. The van der Waals surface area contributed by atoms with Crippen molar-refractivity contribution in [2.75, 3.05) is 6.54 Å². The van der Waals surface area contributed by atoms with Crippen molar-refractivity contribution >= 4 is 23.2 Å². The van der Waals surface area contributed by atoms with Gasteiger partial charge in [0.15, 0.2) is 5.76 Å². The highest BCUT2D eigenvalue weighted by molar-refractivity contribution is 7.13. The maximum atomic E-state index is 16.2. The molecule has 2 N–H and O–H groups in total. The van der Waals surface area contributed by atoms with E-state index in [0.29, 0.717) is 5.69 Å². The minimum absolute atomic E-state index is 0.0325. The van der Waals surface area contributed by atoms with Crippen LogP contribution in [0, 0.1) is 19.8 Å². The van der Waals surface area contributed by atoms with Crippen LogP contribution < -0.4 is 5.32 Å². The zero-order chi connectivity index (χ0) is 25.3. The molecule has 2 amide bonds. The molecule has 4 rings (SSSR count). The highest BCUT2D eigenvalue weighted by atomic mass is 32.1. The number of likely N-dealkylation sites (tertiary alicyclic amines) is 1. The van der Waals surface area contributed by atoms with Gasteiger partial charge in [0.2, 0.25) is 5.91 Å². The fourth-order valence-corrected chi connectivity index (χ4v) is 5.14. The third-order valence-electron chi connectivity index (χ3n) is 6.36. The Kier molecular flexibility index (Phi) is 7.05. The number of alkyl halides is 1. The van der Waals surface area contributed by atoms with E-state index in [9.17, 15) is 14.7 Å². The lowest BCUT2D eigenvalue weighted by atomic mass is 9.87. The van der Waals surface area contributed by atoms with Crippen LogP contribution in [-0.4, -0.2) is 50.7 Å². The van der Waals surface area contributed by atoms with Crippen molar-refractivity contribution in [2.24, 2.45) is 5.92 Å². The Morgan fingerprint density at radius 1 is 1.31 bits per heavy atom. The van der Waals surface area contributed by atoms with Crippen molar-refractivity contribution in [3.63, 3.8) is 0 Å². The van der Waals surface area contributed by atoms with Crippen LogP contribution in [0.5, 0.6) is 0 Å². The van der Waals surface area contributed by atoms with Crippen LogP contribution in [0.2, 0.25) is 0 Å². The Morgan fingerprint density at radius 3 is 2.60 bits per heavy atom. The summed E-state index contributed by atoms with van der Waals surface area (Å²) in [5.41, 5.74) is 2.63. The Morgan fingerprint density at radius 2 is 2.03 bits per heavy atom. The van der Waals surface area contributed by atoms with Crippen LogP contribution in [0.15, 0.2) is 40.4 Å². The number of hydrogen-bond donors (Lipinski definition) is 2. The van der Waals surface area contributed by atoms with E-state index in [1.807, 2.05) is 31.2 Å². The van der Waals surface area contributed by atoms with Crippen LogP contribution in [0.25, 0.3) is 10.4 Å². The Hall–Kier alpha value is -3.11. The Balaban J connectivity index is 1.47. The van der Waals surface area contributed by atoms with E-state index < -0.39 is 35.5 Å². The van der Waals surface area contributed by atoms with Gasteiger partial charge in [-0.3, -0.25) is 9.59 Å². The van der Waals surface area contributed by atoms with E-state index in [-0.39, 0.29) is 25.3 Å². The molecule has 1 unspecified atom stereocenters. The molecule has 1 fully saturated rings. The summed E-state index contributed by atoms with van der Waals surface area (Å²) < 4.78 is 21.3. The van der Waals surface area contributed by atoms with E-state index in [2.05, 4.69) is 15.5 Å². The third-order valence-corrected chi connectivity index (χ3v) is 7.34. The number of carbonyl (C=O) groups is 2. The number of benzene rings is 1. The quantitative estimate of drug-likeness (QED) is 0.514. The van der Waals surface area contributed by atoms with Gasteiger partial charge in [0.05, 0.1) is 27.9 Å². The van der Waals surface area contributed by atoms with E-state index in [1.165, 1.54) is 6.07 Å². The zero-order valence-corrected chi connectivity index (χ0v) is 20.9. The van der Waals surface area contributed by atoms with Gasteiger partial charge in [-0.25, -0.2) is 9.37 Å². The van der Waals surface area contributed by atoms with Gasteiger partial charge in [0.25, 0.3) is 11.6 Å². The number of nitrogens with one attached hydrogen (secondary N) is 1. The summed E-state index contributed by atoms with van der Waals surface area (Å²) in [7, 11) is 0. The predicted octanol–water partition coefficient (Wildman–Crippen LogP) is 3.51. The zero-order valence-electron chi connectivity index (χ0n) is 20.1. The van der Waals surface area contributed by atoms with Gasteiger partial charge in [-0.2, -0.15) is 0 Å². The fourth-order valence-electron chi connectivity index (χ4n) is 4.33. The summed E-state index contributed by atoms with van der Waals surface area (Å²) in [6, 6.07) is 8.16. The summed E-state index contributed by atoms with van der Waals surface area (Å²) in [4.78, 5) is 32.9. The van der Waals surface area contributed by atoms with Gasteiger partial charge >= 0.3 is 0 Å². The Bertz CT molecular complexity index is 1210. The van der Waals surface area contributed by atoms with Crippen LogP contribution >= 0.6 is 11.3 Å². The number of nitrogens with zero attached hydrogens (tertiary/aromatic N) is 3. The molecule has 1 aliphatic heterocycles. The molecule has 0 spiro atoms. The first-order chi connectivity index (χ1) is 16.6. The highest BCUT2D eigenvalue weighted by Crippen LogP contribution is 2.38. The molecule has 1 aromatic carbocycles. The van der Waals surface area contributed by atoms with Crippen molar-refractivity contribution in [2.45, 2.75) is 58.5 Å². The molecule has 0 radical (unpaired) electrons. The second-order valence-electron chi connectivity index (χ2n) is 9.24. The number of aromatic nitrogens is 2. The van der Waals surface area contributed by atoms with Crippen LogP contribution in [0.1, 0.15) is 43.0 Å². The van der Waals surface area contributed by atoms with Gasteiger partial charge in [-0.1, -0.05) is 43.3 Å². The number of aliphatic hydroxyl groups excluding tert-OH is 1. The van der Waals surface area contributed by atoms with Crippen LogP contribution in [-0.2, 0) is 21.8 Å². The van der Waals surface area contributed by atoms with Crippen molar-refractivity contribution < 1.29 is 23.6 Å². The standard InChI is InChI=1S/C25H29FN4O4S/c1-14(2)25(26,21-9-15(3)29-34-21)24(33)30-12-19(31)10-20(30)23(32)27-11-17-5-7-18(8-6-17)22-16(4)28-13-35-22/h5-9,13-14,19-20,31H,10-12H2,1-4H3,(H,27,32)/t19-,20+,25?/m1/s1. The number of aliphatic hydroxyl groups is 1. The molecule has 35 heavy (non-hydrogen) atoms. The summed E-state index contributed by atoms with van der Waals surface area (Å²) in [6.45, 7) is 6.83. The average Bonchev–Trinajstić information content (AvgIpc) is 3.56. The second-order valence-corrected chi connectivity index (χ2v) is 10.1. The lowest BCUT2D eigenvalue weighted by molar-refractivity contribution is -0.154. The highest BCUT2D eigenvalue weighted by Gasteiger charge is 2.53. The molecular formula is C25H29FN4O4S. The number of thiazole rings is 1. The molecule has 3 atom stereocenters. The molecule has 186 valence electrons. The lowest BCUT2D eigenvalue weighted by Gasteiger charge is -2.32. The molecule has 1 saturated heterocycles. The molecular weight excluding hydrogens is 471 g/mol. The normalized spacial score (nSPS) is 19.7. The number of aryl methyl sites for hydroxylation is 2. The number of hydrogen-bond acceptors (Lipinski definition) is 7. The smallest absolute Gasteiger partial charge is 0.269 e. The molecule has 2 aromatic heterocycles. The molecule has 0 bridgehead atoms. The average molecular weight is 501 g/mol. The molecule has 3 aromatic rings. The minimum atomic E-state index is -2.51. The minimum Gasteiger partial charge on any atom is -0.391 e. The summed E-state index contributed by atoms with van der Waals surface area (Å²) in [6.07, 6.45) is -0.894. The predicted molar refractivity (Wildman–Crippen MR) is 129 cm³/mol. The van der Waals surface area contributed by atoms with Crippen molar-refractivity contribution in [1.29, 1.82) is 0 Å². The SMILES string of the molecule is Cc1cc(C(F)(C(=O)N2C[C@H](O)C[C@H]2C(=O)NCc2ccc(-c3scnc3C)cc2)C(C)C)on1. The van der Waals surface area contributed by atoms with Gasteiger partial charge in [-0.05, 0) is 25.0 Å². The summed E-state index contributed by atoms with van der Waals surface area (Å²) in [5.74, 6) is -2.34. The van der Waals surface area contributed by atoms with Crippen LogP contribution in [0.3, 0.4) is 0 Å². The van der Waals surface area contributed by atoms with Gasteiger partial charge < -0.3 is 19.8 Å². The molecule has 0 aliphatic carbocycles. The van der Waals surface area contributed by atoms with E-state index >= 15 is 4.39 Å². The maximum absolute atomic E-state index is 16.2.